The highest BCUT2D eigenvalue weighted by Crippen LogP contribution is 2.38. The molecule has 35 heavy (non-hydrogen) atoms. The van der Waals surface area contributed by atoms with E-state index in [9.17, 15) is 13.6 Å². The van der Waals surface area contributed by atoms with Crippen LogP contribution < -0.4 is 5.56 Å². The number of aryl methyl sites for hydroxylation is 1. The Morgan fingerprint density at radius 2 is 1.97 bits per heavy atom. The van der Waals surface area contributed by atoms with Gasteiger partial charge in [-0.15, -0.1) is 0 Å². The average molecular weight is 476 g/mol. The maximum Gasteiger partial charge on any atom is 0.265 e. The molecule has 0 N–H and O–H groups in total. The molecular weight excluding hydrogens is 454 g/mol. The summed E-state index contributed by atoms with van der Waals surface area (Å²) in [7, 11) is 0. The van der Waals surface area contributed by atoms with Crippen molar-refractivity contribution in [3.05, 3.63) is 92.8 Å². The Kier molecular flexibility index (Phi) is 5.38. The monoisotopic (exact) mass is 476 g/mol. The maximum atomic E-state index is 14.9. The Hall–Kier alpha value is -3.56. The number of aromatic nitrogens is 4. The Bertz CT molecular complexity index is 1520. The first kappa shape index (κ1) is 21.9. The normalized spacial score (nSPS) is 19.7. The van der Waals surface area contributed by atoms with Crippen LogP contribution in [0.25, 0.3) is 17.0 Å². The predicted molar refractivity (Wildman–Crippen MR) is 123 cm³/mol. The Morgan fingerprint density at radius 1 is 1.09 bits per heavy atom. The number of nitrogens with zero attached hydrogens (tertiary/aromatic N) is 4. The molecule has 0 saturated carbocycles. The minimum Gasteiger partial charge on any atom is -0.373 e. The van der Waals surface area contributed by atoms with Crippen LogP contribution in [0.1, 0.15) is 53.1 Å². The lowest BCUT2D eigenvalue weighted by Crippen LogP contribution is -2.25. The smallest absolute Gasteiger partial charge is 0.265 e. The highest BCUT2D eigenvalue weighted by Gasteiger charge is 2.29. The molecule has 178 valence electrons. The van der Waals surface area contributed by atoms with Crippen LogP contribution in [0.3, 0.4) is 0 Å². The van der Waals surface area contributed by atoms with Gasteiger partial charge in [0, 0.05) is 42.2 Å². The number of hydrogen-bond acceptors (Lipinski definition) is 6. The molecule has 2 aliphatic rings. The number of pyridine rings is 1. The van der Waals surface area contributed by atoms with Crippen LogP contribution in [0.5, 0.6) is 0 Å². The fourth-order valence-corrected chi connectivity index (χ4v) is 4.90. The van der Waals surface area contributed by atoms with E-state index in [1.165, 1.54) is 10.5 Å². The van der Waals surface area contributed by atoms with Crippen molar-refractivity contribution in [2.45, 2.75) is 45.0 Å². The molecule has 3 aromatic heterocycles. The largest absolute Gasteiger partial charge is 0.373 e. The SMILES string of the molecule is Cc1cc([C@@H]2C[C@H](c3cc4nc5c(c(=O)n4c(-c4ccc(F)cc4F)n3)COC5)CCO2)ccn1. The minimum atomic E-state index is -0.795. The van der Waals surface area contributed by atoms with Gasteiger partial charge < -0.3 is 9.47 Å². The van der Waals surface area contributed by atoms with Gasteiger partial charge in [-0.3, -0.25) is 9.78 Å². The molecule has 6 rings (SSSR count). The summed E-state index contributed by atoms with van der Waals surface area (Å²) in [5.74, 6) is -1.40. The Balaban J connectivity index is 1.50. The van der Waals surface area contributed by atoms with E-state index in [2.05, 4.69) is 9.97 Å². The quantitative estimate of drug-likeness (QED) is 0.436. The zero-order chi connectivity index (χ0) is 24.1. The topological polar surface area (TPSA) is 78.6 Å². The maximum absolute atomic E-state index is 14.9. The first-order valence-corrected chi connectivity index (χ1v) is 11.5. The Labute approximate surface area is 199 Å². The van der Waals surface area contributed by atoms with Crippen molar-refractivity contribution < 1.29 is 18.3 Å². The van der Waals surface area contributed by atoms with Crippen molar-refractivity contribution in [3.63, 3.8) is 0 Å². The standard InChI is InChI=1S/C26H22F2N4O3/c1-14-8-16(4-6-29-14)23-9-15(5-7-35-23)21-11-24-30-22-13-34-12-19(22)26(33)32(24)25(31-21)18-3-2-17(27)10-20(18)28/h2-4,6,8,10-11,15,23H,5,7,9,12-13H2,1H3/t15-,23+/m1/s1. The molecule has 0 aliphatic carbocycles. The van der Waals surface area contributed by atoms with Crippen LogP contribution in [-0.4, -0.2) is 26.0 Å². The molecule has 0 unspecified atom stereocenters. The summed E-state index contributed by atoms with van der Waals surface area (Å²) in [6.45, 7) is 2.86. The molecule has 9 heteroatoms. The molecule has 2 aliphatic heterocycles. The van der Waals surface area contributed by atoms with Gasteiger partial charge in [-0.25, -0.2) is 23.1 Å². The van der Waals surface area contributed by atoms with Gasteiger partial charge >= 0.3 is 0 Å². The van der Waals surface area contributed by atoms with Gasteiger partial charge in [-0.05, 0) is 49.6 Å². The minimum absolute atomic E-state index is 0.00381. The molecule has 0 amide bonds. The third-order valence-electron chi connectivity index (χ3n) is 6.66. The van der Waals surface area contributed by atoms with Crippen molar-refractivity contribution in [2.24, 2.45) is 0 Å². The van der Waals surface area contributed by atoms with Crippen LogP contribution in [0.4, 0.5) is 8.78 Å². The zero-order valence-electron chi connectivity index (χ0n) is 19.0. The van der Waals surface area contributed by atoms with E-state index in [0.29, 0.717) is 42.0 Å². The van der Waals surface area contributed by atoms with Crippen LogP contribution >= 0.6 is 0 Å². The predicted octanol–water partition coefficient (Wildman–Crippen LogP) is 4.40. The lowest BCUT2D eigenvalue weighted by molar-refractivity contribution is 0.00457. The van der Waals surface area contributed by atoms with Gasteiger partial charge in [0.15, 0.2) is 5.82 Å². The summed E-state index contributed by atoms with van der Waals surface area (Å²) in [5.41, 5.74) is 3.70. The van der Waals surface area contributed by atoms with E-state index in [4.69, 9.17) is 14.5 Å². The average Bonchev–Trinajstić information content (AvgIpc) is 3.33. The van der Waals surface area contributed by atoms with Crippen LogP contribution in [0, 0.1) is 18.6 Å². The van der Waals surface area contributed by atoms with Crippen LogP contribution in [-0.2, 0) is 22.7 Å². The van der Waals surface area contributed by atoms with Crippen molar-refractivity contribution >= 4 is 5.65 Å². The summed E-state index contributed by atoms with van der Waals surface area (Å²) in [6.07, 6.45) is 3.01. The van der Waals surface area contributed by atoms with Crippen molar-refractivity contribution in [1.82, 2.24) is 19.4 Å². The van der Waals surface area contributed by atoms with Crippen LogP contribution in [0.15, 0.2) is 47.4 Å². The molecule has 2 atom stereocenters. The molecule has 0 spiro atoms. The van der Waals surface area contributed by atoms with Gasteiger partial charge in [-0.1, -0.05) is 0 Å². The van der Waals surface area contributed by atoms with E-state index in [-0.39, 0.29) is 42.2 Å². The number of halogens is 2. The van der Waals surface area contributed by atoms with Crippen LogP contribution in [0.2, 0.25) is 0 Å². The van der Waals surface area contributed by atoms with Gasteiger partial charge in [0.25, 0.3) is 5.56 Å². The third-order valence-corrected chi connectivity index (χ3v) is 6.66. The third kappa shape index (κ3) is 3.90. The lowest BCUT2D eigenvalue weighted by atomic mass is 9.89. The zero-order valence-corrected chi connectivity index (χ0v) is 19.0. The second-order valence-corrected chi connectivity index (χ2v) is 8.97. The lowest BCUT2D eigenvalue weighted by Gasteiger charge is -2.30. The molecule has 1 aromatic carbocycles. The second kappa shape index (κ2) is 8.58. The number of rotatable bonds is 3. The number of benzene rings is 1. The van der Waals surface area contributed by atoms with Crippen molar-refractivity contribution in [3.8, 4) is 11.4 Å². The van der Waals surface area contributed by atoms with Gasteiger partial charge in [0.1, 0.15) is 17.3 Å². The molecule has 0 radical (unpaired) electrons. The van der Waals surface area contributed by atoms with E-state index in [1.54, 1.807) is 12.3 Å². The summed E-state index contributed by atoms with van der Waals surface area (Å²) < 4.78 is 41.3. The fraction of sp³-hybridized carbons (Fsp3) is 0.308. The number of ether oxygens (including phenoxy) is 2. The molecule has 0 bridgehead atoms. The molecule has 1 fully saturated rings. The summed E-state index contributed by atoms with van der Waals surface area (Å²) in [5, 5.41) is 0. The molecular formula is C26H22F2N4O3. The van der Waals surface area contributed by atoms with Gasteiger partial charge in [0.05, 0.1) is 36.1 Å². The molecule has 5 heterocycles. The first-order valence-electron chi connectivity index (χ1n) is 11.5. The van der Waals surface area contributed by atoms with Gasteiger partial charge in [0.2, 0.25) is 0 Å². The number of fused-ring (bicyclic) bond motifs is 2. The fourth-order valence-electron chi connectivity index (χ4n) is 4.90. The first-order chi connectivity index (χ1) is 17.0. The molecule has 1 saturated heterocycles. The second-order valence-electron chi connectivity index (χ2n) is 8.97. The summed E-state index contributed by atoms with van der Waals surface area (Å²) in [4.78, 5) is 27.0. The molecule has 7 nitrogen and oxygen atoms in total. The highest BCUT2D eigenvalue weighted by atomic mass is 19.1. The highest BCUT2D eigenvalue weighted by molar-refractivity contribution is 5.61. The van der Waals surface area contributed by atoms with Gasteiger partial charge in [-0.2, -0.15) is 0 Å². The Morgan fingerprint density at radius 3 is 2.80 bits per heavy atom. The van der Waals surface area contributed by atoms with E-state index in [0.717, 1.165) is 23.4 Å². The van der Waals surface area contributed by atoms with E-state index in [1.807, 2.05) is 19.1 Å². The van der Waals surface area contributed by atoms with E-state index < -0.39 is 11.6 Å². The summed E-state index contributed by atoms with van der Waals surface area (Å²) >= 11 is 0. The van der Waals surface area contributed by atoms with Crippen molar-refractivity contribution in [1.29, 1.82) is 0 Å². The van der Waals surface area contributed by atoms with E-state index >= 15 is 0 Å². The molecule has 4 aromatic rings. The summed E-state index contributed by atoms with van der Waals surface area (Å²) in [6, 6.07) is 8.99. The number of hydrogen-bond donors (Lipinski definition) is 0. The van der Waals surface area contributed by atoms with Crippen molar-refractivity contribution in [2.75, 3.05) is 6.61 Å².